The predicted octanol–water partition coefficient (Wildman–Crippen LogP) is 4.53. The molecule has 1 N–H and O–H groups in total. The van der Waals surface area contributed by atoms with Gasteiger partial charge in [0.2, 0.25) is 11.8 Å². The van der Waals surface area contributed by atoms with Crippen molar-refractivity contribution in [3.8, 4) is 5.75 Å². The van der Waals surface area contributed by atoms with Crippen LogP contribution in [0.25, 0.3) is 0 Å². The number of anilines is 1. The molecule has 1 saturated heterocycles. The molecule has 0 bridgehead atoms. The summed E-state index contributed by atoms with van der Waals surface area (Å²) in [6.45, 7) is 0.813. The smallest absolute Gasteiger partial charge is 0.245 e. The van der Waals surface area contributed by atoms with Crippen molar-refractivity contribution in [3.05, 3.63) is 94.5 Å². The normalized spacial score (nSPS) is 15.8. The van der Waals surface area contributed by atoms with Crippen molar-refractivity contribution in [2.45, 2.75) is 13.0 Å². The maximum absolute atomic E-state index is 12.5. The quantitative estimate of drug-likeness (QED) is 0.389. The van der Waals surface area contributed by atoms with Gasteiger partial charge in [-0.25, -0.2) is 5.43 Å². The van der Waals surface area contributed by atoms with E-state index in [0.717, 1.165) is 27.0 Å². The van der Waals surface area contributed by atoms with Crippen molar-refractivity contribution in [2.24, 2.45) is 11.0 Å². The van der Waals surface area contributed by atoms with E-state index < -0.39 is 5.92 Å². The van der Waals surface area contributed by atoms with E-state index in [-0.39, 0.29) is 18.2 Å². The highest BCUT2D eigenvalue weighted by molar-refractivity contribution is 9.10. The van der Waals surface area contributed by atoms with Gasteiger partial charge in [0.1, 0.15) is 12.4 Å². The van der Waals surface area contributed by atoms with Crippen LogP contribution in [0.3, 0.4) is 0 Å². The zero-order valence-corrected chi connectivity index (χ0v) is 18.9. The van der Waals surface area contributed by atoms with Crippen LogP contribution in [0.5, 0.6) is 5.75 Å². The van der Waals surface area contributed by atoms with E-state index >= 15 is 0 Å². The van der Waals surface area contributed by atoms with Crippen molar-refractivity contribution < 1.29 is 14.3 Å². The Morgan fingerprint density at radius 2 is 1.88 bits per heavy atom. The lowest BCUT2D eigenvalue weighted by molar-refractivity contribution is -0.126. The minimum atomic E-state index is -0.441. The second kappa shape index (κ2) is 10.2. The molecule has 2 amide bonds. The first-order valence-electron chi connectivity index (χ1n) is 10.2. The Hall–Kier alpha value is -3.45. The van der Waals surface area contributed by atoms with Crippen LogP contribution < -0.4 is 15.1 Å². The summed E-state index contributed by atoms with van der Waals surface area (Å²) in [6, 6.07) is 24.9. The number of carbonyl (C=O) groups is 2. The monoisotopic (exact) mass is 491 g/mol. The average Bonchev–Trinajstić information content (AvgIpc) is 3.21. The Kier molecular flexibility index (Phi) is 6.97. The number of carbonyl (C=O) groups excluding carboxylic acids is 2. The highest BCUT2D eigenvalue weighted by atomic mass is 79.9. The van der Waals surface area contributed by atoms with Crippen LogP contribution in [0.1, 0.15) is 17.5 Å². The highest BCUT2D eigenvalue weighted by Crippen LogP contribution is 2.26. The molecule has 0 aliphatic carbocycles. The Labute approximate surface area is 195 Å². The van der Waals surface area contributed by atoms with E-state index in [1.54, 1.807) is 11.1 Å². The molecule has 0 radical (unpaired) electrons. The first-order chi connectivity index (χ1) is 15.6. The number of ether oxygens (including phenoxy) is 1. The second-order valence-corrected chi connectivity index (χ2v) is 8.38. The maximum Gasteiger partial charge on any atom is 0.245 e. The van der Waals surface area contributed by atoms with E-state index in [0.29, 0.717) is 13.2 Å². The molecule has 32 heavy (non-hydrogen) atoms. The van der Waals surface area contributed by atoms with Crippen LogP contribution in [-0.4, -0.2) is 24.6 Å². The van der Waals surface area contributed by atoms with E-state index in [1.807, 2.05) is 78.9 Å². The standard InChI is InChI=1S/C25H22BrN3O3/c26-21-9-11-22(12-10-21)29-16-20(14-24(29)30)25(31)28-27-15-19-7-4-8-23(13-19)32-17-18-5-2-1-3-6-18/h1-13,15,20H,14,16-17H2,(H,28,31)/b27-15-/t20-/m0/s1. The van der Waals surface area contributed by atoms with Gasteiger partial charge in [-0.3, -0.25) is 9.59 Å². The molecule has 6 nitrogen and oxygen atoms in total. The molecule has 0 aromatic heterocycles. The summed E-state index contributed by atoms with van der Waals surface area (Å²) in [5.74, 6) is -0.0649. The number of rotatable bonds is 7. The molecule has 3 aromatic rings. The molecule has 7 heteroatoms. The van der Waals surface area contributed by atoms with Crippen LogP contribution in [0.4, 0.5) is 5.69 Å². The lowest BCUT2D eigenvalue weighted by Gasteiger charge is -2.16. The molecular weight excluding hydrogens is 470 g/mol. The zero-order valence-electron chi connectivity index (χ0n) is 17.3. The Balaban J connectivity index is 1.30. The fraction of sp³-hybridized carbons (Fsp3) is 0.160. The van der Waals surface area contributed by atoms with E-state index in [4.69, 9.17) is 4.74 Å². The number of benzene rings is 3. The van der Waals surface area contributed by atoms with E-state index in [2.05, 4.69) is 26.5 Å². The van der Waals surface area contributed by atoms with Gasteiger partial charge in [0, 0.05) is 23.1 Å². The van der Waals surface area contributed by atoms with Gasteiger partial charge in [-0.05, 0) is 47.5 Å². The predicted molar refractivity (Wildman–Crippen MR) is 128 cm³/mol. The first-order valence-corrected chi connectivity index (χ1v) is 11.0. The SMILES string of the molecule is O=C(N/N=C\c1cccc(OCc2ccccc2)c1)[C@H]1CC(=O)N(c2ccc(Br)cc2)C1. The molecule has 1 fully saturated rings. The molecule has 162 valence electrons. The van der Waals surface area contributed by atoms with Gasteiger partial charge < -0.3 is 9.64 Å². The number of nitrogens with zero attached hydrogens (tertiary/aromatic N) is 2. The first kappa shape index (κ1) is 21.8. The molecule has 1 atom stereocenters. The van der Waals surface area contributed by atoms with Crippen LogP contribution in [0.2, 0.25) is 0 Å². The second-order valence-electron chi connectivity index (χ2n) is 7.46. The summed E-state index contributed by atoms with van der Waals surface area (Å²) in [5.41, 5.74) is 5.22. The topological polar surface area (TPSA) is 71.0 Å². The number of hydrogen-bond acceptors (Lipinski definition) is 4. The molecule has 4 rings (SSSR count). The summed E-state index contributed by atoms with van der Waals surface area (Å²) >= 11 is 3.38. The van der Waals surface area contributed by atoms with Crippen LogP contribution >= 0.6 is 15.9 Å². The Bertz CT molecular complexity index is 1120. The van der Waals surface area contributed by atoms with Crippen molar-refractivity contribution >= 4 is 39.6 Å². The molecular formula is C25H22BrN3O3. The fourth-order valence-corrected chi connectivity index (χ4v) is 3.71. The zero-order chi connectivity index (χ0) is 22.3. The van der Waals surface area contributed by atoms with Gasteiger partial charge in [0.05, 0.1) is 12.1 Å². The molecule has 0 unspecified atom stereocenters. The van der Waals surface area contributed by atoms with Gasteiger partial charge in [-0.15, -0.1) is 0 Å². The van der Waals surface area contributed by atoms with Crippen molar-refractivity contribution in [1.29, 1.82) is 0 Å². The minimum Gasteiger partial charge on any atom is -0.489 e. The van der Waals surface area contributed by atoms with Crippen LogP contribution in [0.15, 0.2) is 88.4 Å². The lowest BCUT2D eigenvalue weighted by atomic mass is 10.1. The molecule has 0 saturated carbocycles. The summed E-state index contributed by atoms with van der Waals surface area (Å²) in [5, 5.41) is 4.06. The van der Waals surface area contributed by atoms with E-state index in [9.17, 15) is 9.59 Å². The summed E-state index contributed by atoms with van der Waals surface area (Å²) in [4.78, 5) is 26.5. The van der Waals surface area contributed by atoms with Crippen molar-refractivity contribution in [2.75, 3.05) is 11.4 Å². The molecule has 1 aliphatic rings. The van der Waals surface area contributed by atoms with Gasteiger partial charge in [-0.2, -0.15) is 5.10 Å². The van der Waals surface area contributed by atoms with Crippen LogP contribution in [-0.2, 0) is 16.2 Å². The maximum atomic E-state index is 12.5. The van der Waals surface area contributed by atoms with Gasteiger partial charge in [0.15, 0.2) is 0 Å². The number of nitrogens with one attached hydrogen (secondary N) is 1. The third kappa shape index (κ3) is 5.62. The number of halogens is 1. The molecule has 1 heterocycles. The fourth-order valence-electron chi connectivity index (χ4n) is 3.44. The van der Waals surface area contributed by atoms with E-state index in [1.165, 1.54) is 0 Å². The molecule has 3 aromatic carbocycles. The lowest BCUT2D eigenvalue weighted by Crippen LogP contribution is -2.30. The largest absolute Gasteiger partial charge is 0.489 e. The average molecular weight is 492 g/mol. The Morgan fingerprint density at radius 3 is 2.66 bits per heavy atom. The van der Waals surface area contributed by atoms with Crippen LogP contribution in [0, 0.1) is 5.92 Å². The Morgan fingerprint density at radius 1 is 1.09 bits per heavy atom. The third-order valence-electron chi connectivity index (χ3n) is 5.13. The minimum absolute atomic E-state index is 0.0697. The summed E-state index contributed by atoms with van der Waals surface area (Å²) in [6.07, 6.45) is 1.73. The molecule has 0 spiro atoms. The van der Waals surface area contributed by atoms with Gasteiger partial charge >= 0.3 is 0 Å². The van der Waals surface area contributed by atoms with Crippen molar-refractivity contribution in [1.82, 2.24) is 5.43 Å². The molecule has 1 aliphatic heterocycles. The third-order valence-corrected chi connectivity index (χ3v) is 5.66. The van der Waals surface area contributed by atoms with Gasteiger partial charge in [0.25, 0.3) is 0 Å². The highest BCUT2D eigenvalue weighted by Gasteiger charge is 2.35. The van der Waals surface area contributed by atoms with Gasteiger partial charge in [-0.1, -0.05) is 58.4 Å². The number of hydrogen-bond donors (Lipinski definition) is 1. The number of amides is 2. The van der Waals surface area contributed by atoms with Crippen molar-refractivity contribution in [3.63, 3.8) is 0 Å². The summed E-state index contributed by atoms with van der Waals surface area (Å²) < 4.78 is 6.76. The summed E-state index contributed by atoms with van der Waals surface area (Å²) in [7, 11) is 0. The number of hydrazone groups is 1.